The smallest absolute Gasteiger partial charge is 0.331 e. The molecule has 0 bridgehead atoms. The molecule has 1 amide bonds. The van der Waals surface area contributed by atoms with Crippen LogP contribution in [0.2, 0.25) is 0 Å². The number of thioether (sulfide) groups is 1. The highest BCUT2D eigenvalue weighted by atomic mass is 32.2. The maximum atomic E-state index is 12.3. The van der Waals surface area contributed by atoms with Gasteiger partial charge in [-0.1, -0.05) is 12.1 Å². The molecule has 0 fully saturated rings. The van der Waals surface area contributed by atoms with E-state index < -0.39 is 18.0 Å². The van der Waals surface area contributed by atoms with Crippen molar-refractivity contribution in [1.82, 2.24) is 0 Å². The lowest BCUT2D eigenvalue weighted by atomic mass is 10.2. The van der Waals surface area contributed by atoms with Gasteiger partial charge in [-0.15, -0.1) is 11.8 Å². The first-order valence-corrected chi connectivity index (χ1v) is 10.0. The zero-order valence-corrected chi connectivity index (χ0v) is 16.5. The molecule has 0 saturated heterocycles. The Morgan fingerprint density at radius 1 is 1.11 bits per heavy atom. The molecule has 0 spiro atoms. The van der Waals surface area contributed by atoms with Gasteiger partial charge in [-0.3, -0.25) is 4.79 Å². The average Bonchev–Trinajstić information content (AvgIpc) is 2.72. The van der Waals surface area contributed by atoms with Crippen LogP contribution in [0, 0.1) is 0 Å². The van der Waals surface area contributed by atoms with Gasteiger partial charge in [-0.25, -0.2) is 4.79 Å². The van der Waals surface area contributed by atoms with Crippen LogP contribution in [0.5, 0.6) is 11.5 Å². The fraction of sp³-hybridized carbons (Fsp3) is 0.238. The lowest BCUT2D eigenvalue weighted by Crippen LogP contribution is -2.29. The van der Waals surface area contributed by atoms with Crippen LogP contribution >= 0.6 is 11.8 Å². The van der Waals surface area contributed by atoms with E-state index in [0.717, 1.165) is 10.5 Å². The minimum Gasteiger partial charge on any atom is -0.486 e. The Labute approximate surface area is 167 Å². The van der Waals surface area contributed by atoms with Crippen LogP contribution in [0.3, 0.4) is 0 Å². The molecule has 0 aliphatic carbocycles. The van der Waals surface area contributed by atoms with Crippen LogP contribution in [0.4, 0.5) is 5.69 Å². The highest BCUT2D eigenvalue weighted by Gasteiger charge is 2.18. The van der Waals surface area contributed by atoms with Crippen molar-refractivity contribution in [3.63, 3.8) is 0 Å². The number of anilines is 1. The molecule has 1 unspecified atom stereocenters. The number of carbonyl (C=O) groups is 2. The summed E-state index contributed by atoms with van der Waals surface area (Å²) >= 11 is 1.65. The summed E-state index contributed by atoms with van der Waals surface area (Å²) in [5.41, 5.74) is 1.42. The molecule has 3 rings (SSSR count). The zero-order valence-electron chi connectivity index (χ0n) is 15.6. The van der Waals surface area contributed by atoms with Crippen LogP contribution in [-0.4, -0.2) is 37.4 Å². The molecule has 1 atom stereocenters. The molecule has 2 aromatic carbocycles. The highest BCUT2D eigenvalue weighted by molar-refractivity contribution is 7.98. The van der Waals surface area contributed by atoms with E-state index in [2.05, 4.69) is 5.32 Å². The number of esters is 1. The standard InChI is InChI=1S/C21H21NO5S/c1-14(27-20(23)10-5-15-3-7-17(28-2)8-4-15)21(24)22-16-6-9-18-19(13-16)26-12-11-25-18/h3-10,13-14H,11-12H2,1-2H3,(H,22,24). The van der Waals surface area contributed by atoms with Gasteiger partial charge in [0.1, 0.15) is 13.2 Å². The highest BCUT2D eigenvalue weighted by Crippen LogP contribution is 2.32. The maximum absolute atomic E-state index is 12.3. The van der Waals surface area contributed by atoms with Gasteiger partial charge in [0.15, 0.2) is 17.6 Å². The molecule has 7 heteroatoms. The Hall–Kier alpha value is -2.93. The maximum Gasteiger partial charge on any atom is 0.331 e. The van der Waals surface area contributed by atoms with Gasteiger partial charge < -0.3 is 19.5 Å². The molecule has 1 aliphatic rings. The van der Waals surface area contributed by atoms with Gasteiger partial charge in [0.05, 0.1) is 0 Å². The summed E-state index contributed by atoms with van der Waals surface area (Å²) in [6.45, 7) is 2.48. The summed E-state index contributed by atoms with van der Waals surface area (Å²) in [6, 6.07) is 12.9. The van der Waals surface area contributed by atoms with E-state index in [-0.39, 0.29) is 0 Å². The largest absolute Gasteiger partial charge is 0.486 e. The second-order valence-electron chi connectivity index (χ2n) is 6.03. The normalized spacial score (nSPS) is 13.8. The Balaban J connectivity index is 1.53. The summed E-state index contributed by atoms with van der Waals surface area (Å²) in [5, 5.41) is 2.71. The minimum atomic E-state index is -0.941. The molecule has 1 heterocycles. The number of nitrogens with one attached hydrogen (secondary N) is 1. The first-order chi connectivity index (χ1) is 13.5. The second-order valence-corrected chi connectivity index (χ2v) is 6.91. The summed E-state index contributed by atoms with van der Waals surface area (Å²) < 4.78 is 16.1. The van der Waals surface area contributed by atoms with Crippen molar-refractivity contribution >= 4 is 35.4 Å². The summed E-state index contributed by atoms with van der Waals surface area (Å²) in [4.78, 5) is 25.4. The molecule has 28 heavy (non-hydrogen) atoms. The summed E-state index contributed by atoms with van der Waals surface area (Å²) in [6.07, 6.45) is 4.02. The van der Waals surface area contributed by atoms with Crippen LogP contribution < -0.4 is 14.8 Å². The number of hydrogen-bond donors (Lipinski definition) is 1. The van der Waals surface area contributed by atoms with Crippen LogP contribution in [0.15, 0.2) is 53.4 Å². The number of ether oxygens (including phenoxy) is 3. The van der Waals surface area contributed by atoms with Crippen molar-refractivity contribution in [2.24, 2.45) is 0 Å². The van der Waals surface area contributed by atoms with Crippen molar-refractivity contribution in [2.45, 2.75) is 17.9 Å². The predicted octanol–water partition coefficient (Wildman–Crippen LogP) is 3.76. The number of rotatable bonds is 6. The quantitative estimate of drug-likeness (QED) is 0.453. The first-order valence-electron chi connectivity index (χ1n) is 8.78. The molecule has 0 saturated carbocycles. The van der Waals surface area contributed by atoms with Crippen LogP contribution in [-0.2, 0) is 14.3 Å². The van der Waals surface area contributed by atoms with Crippen molar-refractivity contribution in [3.8, 4) is 11.5 Å². The third-order valence-corrected chi connectivity index (χ3v) is 4.74. The molecule has 6 nitrogen and oxygen atoms in total. The van der Waals surface area contributed by atoms with E-state index in [0.29, 0.717) is 30.4 Å². The van der Waals surface area contributed by atoms with Crippen molar-refractivity contribution < 1.29 is 23.8 Å². The first kappa shape index (κ1) is 19.8. The molecule has 2 aromatic rings. The fourth-order valence-electron chi connectivity index (χ4n) is 2.51. The van der Waals surface area contributed by atoms with Crippen molar-refractivity contribution in [2.75, 3.05) is 24.8 Å². The van der Waals surface area contributed by atoms with Crippen molar-refractivity contribution in [3.05, 3.63) is 54.1 Å². The third-order valence-electron chi connectivity index (χ3n) is 4.00. The number of amides is 1. The molecular weight excluding hydrogens is 378 g/mol. The summed E-state index contributed by atoms with van der Waals surface area (Å²) in [7, 11) is 0. The Kier molecular flexibility index (Phi) is 6.60. The number of fused-ring (bicyclic) bond motifs is 1. The van der Waals surface area contributed by atoms with Crippen LogP contribution in [0.1, 0.15) is 12.5 Å². The molecule has 1 aliphatic heterocycles. The van der Waals surface area contributed by atoms with E-state index in [4.69, 9.17) is 14.2 Å². The SMILES string of the molecule is CSc1ccc(C=CC(=O)OC(C)C(=O)Nc2ccc3c(c2)OCCO3)cc1. The Morgan fingerprint density at radius 2 is 1.82 bits per heavy atom. The molecule has 0 radical (unpaired) electrons. The van der Waals surface area contributed by atoms with Crippen molar-refractivity contribution in [1.29, 1.82) is 0 Å². The van der Waals surface area contributed by atoms with Gasteiger partial charge in [-0.2, -0.15) is 0 Å². The predicted molar refractivity (Wildman–Crippen MR) is 109 cm³/mol. The molecule has 0 aromatic heterocycles. The van der Waals surface area contributed by atoms with E-state index in [9.17, 15) is 9.59 Å². The lowest BCUT2D eigenvalue weighted by molar-refractivity contribution is -0.148. The number of hydrogen-bond acceptors (Lipinski definition) is 6. The van der Waals surface area contributed by atoms with Gasteiger partial charge >= 0.3 is 5.97 Å². The Morgan fingerprint density at radius 3 is 2.54 bits per heavy atom. The van der Waals surface area contributed by atoms with E-state index >= 15 is 0 Å². The Bertz CT molecular complexity index is 879. The monoisotopic (exact) mass is 399 g/mol. The van der Waals surface area contributed by atoms with E-state index in [1.807, 2.05) is 30.5 Å². The number of carbonyl (C=O) groups excluding carboxylic acids is 2. The van der Waals surface area contributed by atoms with Gasteiger partial charge in [0, 0.05) is 22.7 Å². The minimum absolute atomic E-state index is 0.428. The summed E-state index contributed by atoms with van der Waals surface area (Å²) in [5.74, 6) is 0.199. The topological polar surface area (TPSA) is 73.9 Å². The van der Waals surface area contributed by atoms with E-state index in [1.54, 1.807) is 36.0 Å². The van der Waals surface area contributed by atoms with E-state index in [1.165, 1.54) is 13.0 Å². The van der Waals surface area contributed by atoms with Crippen LogP contribution in [0.25, 0.3) is 6.08 Å². The third kappa shape index (κ3) is 5.29. The van der Waals surface area contributed by atoms with Gasteiger partial charge in [0.25, 0.3) is 5.91 Å². The van der Waals surface area contributed by atoms with Gasteiger partial charge in [0.2, 0.25) is 0 Å². The lowest BCUT2D eigenvalue weighted by Gasteiger charge is -2.19. The van der Waals surface area contributed by atoms with Gasteiger partial charge in [-0.05, 0) is 49.1 Å². The zero-order chi connectivity index (χ0) is 19.9. The number of benzene rings is 2. The molecule has 1 N–H and O–H groups in total. The second kappa shape index (κ2) is 9.32. The fourth-order valence-corrected chi connectivity index (χ4v) is 2.92. The molecular formula is C21H21NO5S. The average molecular weight is 399 g/mol. The molecule has 146 valence electrons.